The lowest BCUT2D eigenvalue weighted by atomic mass is 9.81. The van der Waals surface area contributed by atoms with Gasteiger partial charge in [-0.2, -0.15) is 5.26 Å². The van der Waals surface area contributed by atoms with E-state index in [0.29, 0.717) is 6.42 Å². The fourth-order valence-corrected chi connectivity index (χ4v) is 3.00. The average molecular weight is 313 g/mol. The number of nitrogens with zero attached hydrogens (tertiary/aromatic N) is 1. The number of nitriles is 1. The summed E-state index contributed by atoms with van der Waals surface area (Å²) in [7, 11) is 0. The molecule has 126 valence electrons. The Morgan fingerprint density at radius 1 is 1.00 bits per heavy atom. The van der Waals surface area contributed by atoms with Crippen LogP contribution in [-0.4, -0.2) is 10.7 Å². The Hall–Kier alpha value is -1.59. The largest absolute Gasteiger partial charge is 0.371 e. The summed E-state index contributed by atoms with van der Waals surface area (Å²) in [6.45, 7) is 10.4. The summed E-state index contributed by atoms with van der Waals surface area (Å²) >= 11 is 0. The van der Waals surface area contributed by atoms with Crippen LogP contribution in [0, 0.1) is 17.2 Å². The highest BCUT2D eigenvalue weighted by molar-refractivity contribution is 5.34. The smallest absolute Gasteiger partial charge is 0.176 e. The highest BCUT2D eigenvalue weighted by Gasteiger charge is 2.33. The van der Waals surface area contributed by atoms with Crippen LogP contribution in [0.5, 0.6) is 0 Å². The van der Waals surface area contributed by atoms with Crippen LogP contribution in [0.15, 0.2) is 46.6 Å². The van der Waals surface area contributed by atoms with Crippen LogP contribution in [0.4, 0.5) is 0 Å². The maximum Gasteiger partial charge on any atom is 0.176 e. The topological polar surface area (TPSA) is 44.0 Å². The summed E-state index contributed by atoms with van der Waals surface area (Å²) in [6.07, 6.45) is 12.9. The van der Waals surface area contributed by atoms with Gasteiger partial charge in [-0.1, -0.05) is 54.9 Å². The molecule has 0 aromatic rings. The third-order valence-electron chi connectivity index (χ3n) is 4.43. The van der Waals surface area contributed by atoms with Crippen molar-refractivity contribution in [1.29, 1.82) is 5.26 Å². The maximum atomic E-state index is 10.9. The molecular formula is C21H31NO. The summed E-state index contributed by atoms with van der Waals surface area (Å²) in [5.41, 5.74) is 3.15. The van der Waals surface area contributed by atoms with E-state index in [1.807, 2.05) is 26.8 Å². The molecule has 0 saturated heterocycles. The molecule has 0 saturated carbocycles. The Morgan fingerprint density at radius 2 is 1.57 bits per heavy atom. The Bertz CT molecular complexity index is 569. The van der Waals surface area contributed by atoms with Gasteiger partial charge in [0.2, 0.25) is 0 Å². The van der Waals surface area contributed by atoms with Crippen molar-refractivity contribution in [1.82, 2.24) is 0 Å². The second-order valence-electron chi connectivity index (χ2n) is 7.12. The highest BCUT2D eigenvalue weighted by atomic mass is 16.3. The van der Waals surface area contributed by atoms with Crippen LogP contribution in [0.25, 0.3) is 0 Å². The second kappa shape index (κ2) is 8.89. The lowest BCUT2D eigenvalue weighted by Gasteiger charge is -2.27. The number of aliphatic hydroxyl groups is 1. The van der Waals surface area contributed by atoms with Gasteiger partial charge in [0.1, 0.15) is 6.07 Å². The van der Waals surface area contributed by atoms with E-state index in [-0.39, 0.29) is 5.92 Å². The molecule has 1 atom stereocenters. The van der Waals surface area contributed by atoms with Gasteiger partial charge in [-0.15, -0.1) is 0 Å². The highest BCUT2D eigenvalue weighted by Crippen LogP contribution is 2.31. The first-order valence-corrected chi connectivity index (χ1v) is 8.61. The molecule has 1 unspecified atom stereocenters. The standard InChI is InChI=1S/C21H31NO/c1-16(2)20-13-12-18(4)10-6-8-17(3)9-7-11-19(5)14-21(20,23)15-22/h8,11-13,16,23H,6-7,9-10,14H2,1-5H3/b17-8+,18-12+,19-11+,20-13-. The van der Waals surface area contributed by atoms with Crippen LogP contribution in [0.2, 0.25) is 0 Å². The third-order valence-corrected chi connectivity index (χ3v) is 4.43. The van der Waals surface area contributed by atoms with Crippen molar-refractivity contribution >= 4 is 0 Å². The van der Waals surface area contributed by atoms with Crippen LogP contribution >= 0.6 is 0 Å². The zero-order chi connectivity index (χ0) is 17.5. The molecule has 0 aromatic heterocycles. The summed E-state index contributed by atoms with van der Waals surface area (Å²) in [5, 5.41) is 20.5. The Morgan fingerprint density at radius 3 is 2.13 bits per heavy atom. The predicted molar refractivity (Wildman–Crippen MR) is 97.8 cm³/mol. The van der Waals surface area contributed by atoms with E-state index in [1.54, 1.807) is 0 Å². The molecule has 0 fully saturated rings. The maximum absolute atomic E-state index is 10.9. The van der Waals surface area contributed by atoms with Gasteiger partial charge >= 0.3 is 0 Å². The molecule has 0 aromatic carbocycles. The van der Waals surface area contributed by atoms with Gasteiger partial charge < -0.3 is 5.11 Å². The van der Waals surface area contributed by atoms with Gasteiger partial charge in [-0.3, -0.25) is 0 Å². The molecule has 2 heteroatoms. The minimum Gasteiger partial charge on any atom is -0.371 e. The van der Waals surface area contributed by atoms with Gasteiger partial charge in [0.15, 0.2) is 5.60 Å². The predicted octanol–water partition coefficient (Wildman–Crippen LogP) is 5.63. The first-order chi connectivity index (χ1) is 10.8. The van der Waals surface area contributed by atoms with Crippen LogP contribution in [-0.2, 0) is 0 Å². The molecule has 0 bridgehead atoms. The molecule has 2 nitrogen and oxygen atoms in total. The number of rotatable bonds is 1. The van der Waals surface area contributed by atoms with E-state index in [9.17, 15) is 10.4 Å². The monoisotopic (exact) mass is 313 g/mol. The van der Waals surface area contributed by atoms with Crippen molar-refractivity contribution in [3.05, 3.63) is 46.6 Å². The summed E-state index contributed by atoms with van der Waals surface area (Å²) in [4.78, 5) is 0. The molecule has 0 amide bonds. The first-order valence-electron chi connectivity index (χ1n) is 8.61. The zero-order valence-corrected chi connectivity index (χ0v) is 15.3. The fraction of sp³-hybridized carbons (Fsp3) is 0.571. The van der Waals surface area contributed by atoms with E-state index in [1.165, 1.54) is 11.1 Å². The summed E-state index contributed by atoms with van der Waals surface area (Å²) < 4.78 is 0. The molecule has 1 rings (SSSR count). The van der Waals surface area contributed by atoms with Crippen molar-refractivity contribution in [2.75, 3.05) is 0 Å². The van der Waals surface area contributed by atoms with E-state index in [2.05, 4.69) is 38.1 Å². The molecule has 0 spiro atoms. The van der Waals surface area contributed by atoms with Crippen molar-refractivity contribution in [2.45, 2.75) is 72.3 Å². The summed E-state index contributed by atoms with van der Waals surface area (Å²) in [6, 6.07) is 2.15. The van der Waals surface area contributed by atoms with Gasteiger partial charge in [-0.25, -0.2) is 0 Å². The minimum atomic E-state index is -1.42. The van der Waals surface area contributed by atoms with Gasteiger partial charge in [0.05, 0.1) is 0 Å². The molecular weight excluding hydrogens is 282 g/mol. The summed E-state index contributed by atoms with van der Waals surface area (Å²) in [5.74, 6) is 0.131. The molecule has 0 aliphatic heterocycles. The van der Waals surface area contributed by atoms with Crippen molar-refractivity contribution in [3.8, 4) is 6.07 Å². The first kappa shape index (κ1) is 19.5. The van der Waals surface area contributed by atoms with Crippen LogP contribution in [0.1, 0.15) is 66.7 Å². The average Bonchev–Trinajstić information content (AvgIpc) is 2.46. The van der Waals surface area contributed by atoms with Crippen LogP contribution < -0.4 is 0 Å². The van der Waals surface area contributed by atoms with E-state index in [4.69, 9.17) is 0 Å². The molecule has 1 N–H and O–H groups in total. The minimum absolute atomic E-state index is 0.131. The molecule has 1 aliphatic carbocycles. The molecule has 1 aliphatic rings. The van der Waals surface area contributed by atoms with E-state index in [0.717, 1.165) is 36.8 Å². The number of allylic oxidation sites excluding steroid dienone is 6. The van der Waals surface area contributed by atoms with Crippen molar-refractivity contribution < 1.29 is 5.11 Å². The normalized spacial score (nSPS) is 33.8. The Kier molecular flexibility index (Phi) is 7.52. The third kappa shape index (κ3) is 6.20. The lowest BCUT2D eigenvalue weighted by molar-refractivity contribution is 0.128. The van der Waals surface area contributed by atoms with Gasteiger partial charge in [-0.05, 0) is 57.9 Å². The van der Waals surface area contributed by atoms with Crippen LogP contribution in [0.3, 0.4) is 0 Å². The molecule has 23 heavy (non-hydrogen) atoms. The van der Waals surface area contributed by atoms with Crippen molar-refractivity contribution in [2.24, 2.45) is 5.92 Å². The second-order valence-corrected chi connectivity index (χ2v) is 7.12. The Balaban J connectivity index is 3.26. The van der Waals surface area contributed by atoms with E-state index >= 15 is 0 Å². The van der Waals surface area contributed by atoms with E-state index < -0.39 is 5.60 Å². The quantitative estimate of drug-likeness (QED) is 0.504. The van der Waals surface area contributed by atoms with Gasteiger partial charge in [0.25, 0.3) is 0 Å². The van der Waals surface area contributed by atoms with Gasteiger partial charge in [0, 0.05) is 6.42 Å². The fourth-order valence-electron chi connectivity index (χ4n) is 3.00. The number of hydrogen-bond acceptors (Lipinski definition) is 2. The molecule has 0 heterocycles. The number of hydrogen-bond donors (Lipinski definition) is 1. The van der Waals surface area contributed by atoms with Crippen molar-refractivity contribution in [3.63, 3.8) is 0 Å². The lowest BCUT2D eigenvalue weighted by Crippen LogP contribution is -2.32. The Labute approximate surface area is 141 Å². The molecule has 0 radical (unpaired) electrons. The zero-order valence-electron chi connectivity index (χ0n) is 15.3. The SMILES string of the molecule is C/C1=C\C=C(\C(C)C)C(O)(C#N)C/C(C)=C/CC/C(C)=C/CC1.